The van der Waals surface area contributed by atoms with Gasteiger partial charge in [0.05, 0.1) is 53.5 Å². The minimum Gasteiger partial charge on any atom is -0.377 e. The van der Waals surface area contributed by atoms with Crippen LogP contribution in [-0.4, -0.2) is 56.0 Å². The molecule has 0 aromatic carbocycles. The topological polar surface area (TPSA) is 130 Å². The highest BCUT2D eigenvalue weighted by Crippen LogP contribution is 2.41. The van der Waals surface area contributed by atoms with Gasteiger partial charge in [0.2, 0.25) is 5.91 Å². The highest BCUT2D eigenvalue weighted by atomic mass is 32.1. The smallest absolute Gasteiger partial charge is 0.217 e. The van der Waals surface area contributed by atoms with Crippen molar-refractivity contribution in [3.8, 4) is 28.0 Å². The molecule has 1 amide bonds. The fraction of sp³-hybridized carbons (Fsp3) is 0.333. The summed E-state index contributed by atoms with van der Waals surface area (Å²) in [6.45, 7) is 2.85. The molecule has 1 aliphatic heterocycles. The molecule has 0 bridgehead atoms. The lowest BCUT2D eigenvalue weighted by atomic mass is 9.81. The quantitative estimate of drug-likeness (QED) is 0.425. The minimum atomic E-state index is 0.00438. The van der Waals surface area contributed by atoms with Gasteiger partial charge >= 0.3 is 0 Å². The fourth-order valence-electron chi connectivity index (χ4n) is 4.41. The standard InChI is InChI=1S/C24H22N8O2S/c1-13(33)28-16-5-15(6-16)23-30-31-24(35-23)19-10-26-21(7-20(19)29-17-11-34-12-17)22-3-2-18-4-14(8-25)9-27-32(18)22/h2-4,7,9-10,15-17H,5-6,11-12H2,1H3,(H,26,29)(H,28,33)/t15-,16-. The molecular formula is C24H22N8O2S. The van der Waals surface area contributed by atoms with Crippen molar-refractivity contribution in [3.05, 3.63) is 47.2 Å². The Morgan fingerprint density at radius 3 is 2.80 bits per heavy atom. The SMILES string of the molecule is CC(=O)N[C@H]1C[C@H](c2nnc(-c3cnc(-c4ccc5cc(C#N)cnn45)cc3NC3COC3)s2)C1. The largest absolute Gasteiger partial charge is 0.377 e. The Morgan fingerprint density at radius 2 is 2.06 bits per heavy atom. The van der Waals surface area contributed by atoms with Crippen LogP contribution in [0.25, 0.3) is 27.5 Å². The molecule has 4 aromatic heterocycles. The van der Waals surface area contributed by atoms with Gasteiger partial charge in [0.15, 0.2) is 5.01 Å². The van der Waals surface area contributed by atoms with Crippen LogP contribution in [-0.2, 0) is 9.53 Å². The molecule has 0 spiro atoms. The molecule has 0 unspecified atom stereocenters. The van der Waals surface area contributed by atoms with Gasteiger partial charge in [-0.15, -0.1) is 10.2 Å². The number of ether oxygens (including phenoxy) is 1. The number of rotatable bonds is 6. The summed E-state index contributed by atoms with van der Waals surface area (Å²) in [5.41, 5.74) is 4.75. The molecule has 35 heavy (non-hydrogen) atoms. The molecule has 2 fully saturated rings. The normalized spacial score (nSPS) is 19.5. The van der Waals surface area contributed by atoms with Crippen LogP contribution in [0, 0.1) is 11.3 Å². The molecule has 176 valence electrons. The lowest BCUT2D eigenvalue weighted by molar-refractivity contribution is -0.120. The van der Waals surface area contributed by atoms with Crippen molar-refractivity contribution in [3.63, 3.8) is 0 Å². The second kappa shape index (κ2) is 8.72. The predicted molar refractivity (Wildman–Crippen MR) is 130 cm³/mol. The third kappa shape index (κ3) is 4.11. The van der Waals surface area contributed by atoms with Crippen molar-refractivity contribution in [2.75, 3.05) is 18.5 Å². The van der Waals surface area contributed by atoms with Crippen molar-refractivity contribution in [2.24, 2.45) is 0 Å². The van der Waals surface area contributed by atoms with Gasteiger partial charge in [-0.25, -0.2) is 4.52 Å². The second-order valence-corrected chi connectivity index (χ2v) is 9.93. The number of nitrogens with zero attached hydrogens (tertiary/aromatic N) is 6. The molecule has 10 nitrogen and oxygen atoms in total. The summed E-state index contributed by atoms with van der Waals surface area (Å²) in [6.07, 6.45) is 5.15. The predicted octanol–water partition coefficient (Wildman–Crippen LogP) is 2.98. The Hall–Kier alpha value is -3.88. The molecular weight excluding hydrogens is 464 g/mol. The van der Waals surface area contributed by atoms with E-state index < -0.39 is 0 Å². The summed E-state index contributed by atoms with van der Waals surface area (Å²) in [5.74, 6) is 0.322. The average molecular weight is 487 g/mol. The minimum absolute atomic E-state index is 0.00438. The highest BCUT2D eigenvalue weighted by Gasteiger charge is 2.33. The van der Waals surface area contributed by atoms with Gasteiger partial charge in [0, 0.05) is 30.8 Å². The maximum Gasteiger partial charge on any atom is 0.217 e. The summed E-state index contributed by atoms with van der Waals surface area (Å²) >= 11 is 1.57. The second-order valence-electron chi connectivity index (χ2n) is 8.92. The molecule has 0 radical (unpaired) electrons. The maximum atomic E-state index is 11.3. The first-order valence-electron chi connectivity index (χ1n) is 11.4. The maximum absolute atomic E-state index is 11.3. The Labute approximate surface area is 205 Å². The van der Waals surface area contributed by atoms with E-state index in [1.165, 1.54) is 0 Å². The molecule has 5 heterocycles. The summed E-state index contributed by atoms with van der Waals surface area (Å²) in [5, 5.41) is 30.8. The van der Waals surface area contributed by atoms with Crippen LogP contribution in [0.2, 0.25) is 0 Å². The van der Waals surface area contributed by atoms with Gasteiger partial charge in [-0.3, -0.25) is 9.78 Å². The van der Waals surface area contributed by atoms with Crippen LogP contribution in [0.15, 0.2) is 36.7 Å². The zero-order valence-electron chi connectivity index (χ0n) is 18.9. The number of anilines is 1. The van der Waals surface area contributed by atoms with E-state index in [4.69, 9.17) is 15.0 Å². The number of aromatic nitrogens is 5. The number of pyridine rings is 1. The van der Waals surface area contributed by atoms with E-state index >= 15 is 0 Å². The number of fused-ring (bicyclic) bond motifs is 1. The Morgan fingerprint density at radius 1 is 1.20 bits per heavy atom. The number of amides is 1. The lowest BCUT2D eigenvalue weighted by Gasteiger charge is -2.33. The number of carbonyl (C=O) groups excluding carboxylic acids is 1. The van der Waals surface area contributed by atoms with Crippen LogP contribution in [0.1, 0.15) is 36.3 Å². The Bertz CT molecular complexity index is 1460. The van der Waals surface area contributed by atoms with E-state index in [1.54, 1.807) is 35.0 Å². The van der Waals surface area contributed by atoms with Crippen LogP contribution in [0.5, 0.6) is 0 Å². The molecule has 2 aliphatic rings. The van der Waals surface area contributed by atoms with Crippen LogP contribution in [0.4, 0.5) is 5.69 Å². The van der Waals surface area contributed by atoms with Crippen molar-refractivity contribution in [1.29, 1.82) is 5.26 Å². The van der Waals surface area contributed by atoms with Gasteiger partial charge in [0.1, 0.15) is 11.1 Å². The van der Waals surface area contributed by atoms with E-state index in [0.717, 1.165) is 51.0 Å². The molecule has 1 saturated carbocycles. The molecule has 4 aromatic rings. The zero-order chi connectivity index (χ0) is 23.9. The van der Waals surface area contributed by atoms with E-state index in [-0.39, 0.29) is 18.0 Å². The Kier molecular flexibility index (Phi) is 5.39. The van der Waals surface area contributed by atoms with E-state index in [9.17, 15) is 4.79 Å². The third-order valence-corrected chi connectivity index (χ3v) is 7.48. The van der Waals surface area contributed by atoms with E-state index in [1.807, 2.05) is 24.4 Å². The Balaban J connectivity index is 1.31. The molecule has 2 N–H and O–H groups in total. The first kappa shape index (κ1) is 21.6. The van der Waals surface area contributed by atoms with Crippen molar-refractivity contribution in [1.82, 2.24) is 30.1 Å². The number of hydrogen-bond donors (Lipinski definition) is 2. The number of nitrogens with one attached hydrogen (secondary N) is 2. The summed E-state index contributed by atoms with van der Waals surface area (Å²) in [4.78, 5) is 16.0. The first-order valence-corrected chi connectivity index (χ1v) is 12.2. The number of carbonyl (C=O) groups is 1. The van der Waals surface area contributed by atoms with Gasteiger partial charge < -0.3 is 15.4 Å². The van der Waals surface area contributed by atoms with Gasteiger partial charge in [0.25, 0.3) is 0 Å². The van der Waals surface area contributed by atoms with Gasteiger partial charge in [-0.05, 0) is 37.1 Å². The average Bonchev–Trinajstić information content (AvgIpc) is 3.45. The summed E-state index contributed by atoms with van der Waals surface area (Å²) in [7, 11) is 0. The van der Waals surface area contributed by atoms with Crippen molar-refractivity contribution >= 4 is 28.4 Å². The molecule has 1 aliphatic carbocycles. The highest BCUT2D eigenvalue weighted by molar-refractivity contribution is 7.14. The first-order chi connectivity index (χ1) is 17.1. The van der Waals surface area contributed by atoms with Crippen molar-refractivity contribution in [2.45, 2.75) is 37.8 Å². The number of nitriles is 1. The van der Waals surface area contributed by atoms with Crippen LogP contribution < -0.4 is 10.6 Å². The fourth-order valence-corrected chi connectivity index (χ4v) is 5.40. The molecule has 0 atom stereocenters. The number of hydrogen-bond acceptors (Lipinski definition) is 9. The van der Waals surface area contributed by atoms with Gasteiger partial charge in [-0.2, -0.15) is 10.4 Å². The van der Waals surface area contributed by atoms with Crippen LogP contribution in [0.3, 0.4) is 0 Å². The lowest BCUT2D eigenvalue weighted by Crippen LogP contribution is -2.42. The monoisotopic (exact) mass is 486 g/mol. The van der Waals surface area contributed by atoms with E-state index in [0.29, 0.717) is 24.7 Å². The summed E-state index contributed by atoms with van der Waals surface area (Å²) < 4.78 is 7.14. The van der Waals surface area contributed by atoms with E-state index in [2.05, 4.69) is 32.0 Å². The molecule has 6 rings (SSSR count). The molecule has 1 saturated heterocycles. The van der Waals surface area contributed by atoms with Crippen molar-refractivity contribution < 1.29 is 9.53 Å². The van der Waals surface area contributed by atoms with Crippen LogP contribution >= 0.6 is 11.3 Å². The summed E-state index contributed by atoms with van der Waals surface area (Å²) in [6, 6.07) is 10.3. The van der Waals surface area contributed by atoms with Gasteiger partial charge in [-0.1, -0.05) is 11.3 Å². The zero-order valence-corrected chi connectivity index (χ0v) is 19.7. The molecule has 11 heteroatoms. The third-order valence-electron chi connectivity index (χ3n) is 6.36.